The van der Waals surface area contributed by atoms with Crippen molar-refractivity contribution in [3.63, 3.8) is 0 Å². The maximum Gasteiger partial charge on any atom is 0.416 e. The number of alkyl halides is 3. The summed E-state index contributed by atoms with van der Waals surface area (Å²) in [6, 6.07) is 4.91. The molecule has 0 spiro atoms. The Hall–Kier alpha value is -1.03. The molecule has 0 saturated heterocycles. The molecule has 8 heteroatoms. The van der Waals surface area contributed by atoms with E-state index in [-0.39, 0.29) is 36.6 Å². The molecule has 0 heterocycles. The highest BCUT2D eigenvalue weighted by molar-refractivity contribution is 14.0. The first-order valence-corrected chi connectivity index (χ1v) is 8.68. The van der Waals surface area contributed by atoms with Gasteiger partial charge in [0.25, 0.3) is 0 Å². The summed E-state index contributed by atoms with van der Waals surface area (Å²) < 4.78 is 38.6. The van der Waals surface area contributed by atoms with E-state index in [1.807, 2.05) is 6.92 Å². The second-order valence-electron chi connectivity index (χ2n) is 6.62. The highest BCUT2D eigenvalue weighted by Crippen LogP contribution is 2.31. The monoisotopic (exact) mass is 485 g/mol. The Kier molecular flexibility index (Phi) is 8.65. The molecule has 26 heavy (non-hydrogen) atoms. The highest BCUT2D eigenvalue weighted by Gasteiger charge is 2.31. The number of aliphatic hydroxyl groups is 1. The zero-order valence-corrected chi connectivity index (χ0v) is 17.4. The summed E-state index contributed by atoms with van der Waals surface area (Å²) in [7, 11) is 0. The van der Waals surface area contributed by atoms with Crippen molar-refractivity contribution >= 4 is 29.9 Å². The molecule has 1 aliphatic rings. The number of guanidine groups is 1. The Balaban J connectivity index is 0.00000338. The van der Waals surface area contributed by atoms with Crippen LogP contribution in [0.2, 0.25) is 0 Å². The van der Waals surface area contributed by atoms with Crippen LogP contribution in [0.4, 0.5) is 13.2 Å². The van der Waals surface area contributed by atoms with Gasteiger partial charge in [-0.1, -0.05) is 25.0 Å². The molecule has 1 saturated carbocycles. The summed E-state index contributed by atoms with van der Waals surface area (Å²) in [6.45, 7) is 4.61. The van der Waals surface area contributed by atoms with Gasteiger partial charge in [0.15, 0.2) is 5.96 Å². The molecule has 1 aromatic carbocycles. The Labute approximate surface area is 169 Å². The van der Waals surface area contributed by atoms with Crippen molar-refractivity contribution in [3.05, 3.63) is 35.4 Å². The minimum absolute atomic E-state index is 0. The standard InChI is InChI=1S/C18H26F3N3O.HI/c1-3-22-16(23-12-17(25)9-4-5-10-17)24-13(2)14-7-6-8-15(11-14)18(19,20)21;/h6-8,11,13,25H,3-5,9-10,12H2,1-2H3,(H2,22,23,24);1H. The van der Waals surface area contributed by atoms with Gasteiger partial charge in [-0.15, -0.1) is 24.0 Å². The Morgan fingerprint density at radius 1 is 1.31 bits per heavy atom. The average Bonchev–Trinajstić information content (AvgIpc) is 2.99. The Morgan fingerprint density at radius 3 is 2.54 bits per heavy atom. The maximum absolute atomic E-state index is 12.9. The quantitative estimate of drug-likeness (QED) is 0.332. The third-order valence-corrected chi connectivity index (χ3v) is 4.48. The van der Waals surface area contributed by atoms with Crippen molar-refractivity contribution < 1.29 is 18.3 Å². The first kappa shape index (κ1) is 23.0. The zero-order valence-electron chi connectivity index (χ0n) is 15.1. The lowest BCUT2D eigenvalue weighted by Crippen LogP contribution is -2.40. The first-order valence-electron chi connectivity index (χ1n) is 8.68. The molecule has 0 radical (unpaired) electrons. The normalized spacial score (nSPS) is 18.2. The fourth-order valence-corrected chi connectivity index (χ4v) is 3.01. The molecule has 1 aromatic rings. The summed E-state index contributed by atoms with van der Waals surface area (Å²) >= 11 is 0. The molecule has 0 aliphatic heterocycles. The van der Waals surface area contributed by atoms with E-state index in [2.05, 4.69) is 15.6 Å². The van der Waals surface area contributed by atoms with Gasteiger partial charge in [-0.3, -0.25) is 4.99 Å². The Bertz CT molecular complexity index is 602. The van der Waals surface area contributed by atoms with Crippen molar-refractivity contribution in [1.29, 1.82) is 0 Å². The lowest BCUT2D eigenvalue weighted by molar-refractivity contribution is -0.137. The van der Waals surface area contributed by atoms with Crippen molar-refractivity contribution in [2.75, 3.05) is 13.1 Å². The van der Waals surface area contributed by atoms with Crippen molar-refractivity contribution in [3.8, 4) is 0 Å². The molecule has 2 rings (SSSR count). The summed E-state index contributed by atoms with van der Waals surface area (Å²) in [5.74, 6) is 0.493. The molecule has 4 nitrogen and oxygen atoms in total. The number of benzene rings is 1. The van der Waals surface area contributed by atoms with E-state index >= 15 is 0 Å². The van der Waals surface area contributed by atoms with Crippen LogP contribution in [0.25, 0.3) is 0 Å². The number of nitrogens with zero attached hydrogens (tertiary/aromatic N) is 1. The molecule has 1 unspecified atom stereocenters. The van der Waals surface area contributed by atoms with Crippen LogP contribution in [0.15, 0.2) is 29.3 Å². The van der Waals surface area contributed by atoms with Gasteiger partial charge >= 0.3 is 6.18 Å². The third-order valence-electron chi connectivity index (χ3n) is 4.48. The summed E-state index contributed by atoms with van der Waals surface area (Å²) in [4.78, 5) is 4.43. The number of hydrogen-bond acceptors (Lipinski definition) is 2. The predicted octanol–water partition coefficient (Wildman–Crippen LogP) is 4.24. The van der Waals surface area contributed by atoms with Crippen molar-refractivity contribution in [2.24, 2.45) is 4.99 Å². The molecule has 148 valence electrons. The first-order chi connectivity index (χ1) is 11.7. The van der Waals surface area contributed by atoms with Gasteiger partial charge in [0.1, 0.15) is 0 Å². The van der Waals surface area contributed by atoms with Crippen LogP contribution in [-0.4, -0.2) is 29.8 Å². The average molecular weight is 485 g/mol. The molecular formula is C18H27F3IN3O. The smallest absolute Gasteiger partial charge is 0.388 e. The number of hydrogen-bond donors (Lipinski definition) is 3. The van der Waals surface area contributed by atoms with Gasteiger partial charge in [0.2, 0.25) is 0 Å². The SMILES string of the molecule is CCNC(=NCC1(O)CCCC1)NC(C)c1cccc(C(F)(F)F)c1.I. The van der Waals surface area contributed by atoms with Gasteiger partial charge < -0.3 is 15.7 Å². The maximum atomic E-state index is 12.9. The van der Waals surface area contributed by atoms with Crippen LogP contribution < -0.4 is 10.6 Å². The fourth-order valence-electron chi connectivity index (χ4n) is 3.01. The van der Waals surface area contributed by atoms with Crippen molar-refractivity contribution in [1.82, 2.24) is 10.6 Å². The largest absolute Gasteiger partial charge is 0.416 e. The molecule has 1 aliphatic carbocycles. The number of aliphatic imine (C=N–C) groups is 1. The summed E-state index contributed by atoms with van der Waals surface area (Å²) in [5, 5.41) is 16.6. The second-order valence-corrected chi connectivity index (χ2v) is 6.62. The Morgan fingerprint density at radius 2 is 1.96 bits per heavy atom. The number of rotatable bonds is 5. The number of halogens is 4. The molecular weight excluding hydrogens is 458 g/mol. The summed E-state index contributed by atoms with van der Waals surface area (Å²) in [5.41, 5.74) is -0.900. The van der Waals surface area contributed by atoms with Crippen LogP contribution in [-0.2, 0) is 6.18 Å². The van der Waals surface area contributed by atoms with E-state index in [1.165, 1.54) is 6.07 Å². The fraction of sp³-hybridized carbons (Fsp3) is 0.611. The van der Waals surface area contributed by atoms with E-state index in [0.717, 1.165) is 37.8 Å². The second kappa shape index (κ2) is 9.77. The molecule has 1 atom stereocenters. The van der Waals surface area contributed by atoms with Crippen molar-refractivity contribution in [2.45, 2.75) is 57.3 Å². The predicted molar refractivity (Wildman–Crippen MR) is 108 cm³/mol. The van der Waals surface area contributed by atoms with Crippen LogP contribution in [0.1, 0.15) is 56.7 Å². The molecule has 3 N–H and O–H groups in total. The van der Waals surface area contributed by atoms with Gasteiger partial charge in [0.05, 0.1) is 23.8 Å². The third kappa shape index (κ3) is 6.61. The van der Waals surface area contributed by atoms with Crippen LogP contribution in [0, 0.1) is 0 Å². The van der Waals surface area contributed by atoms with Gasteiger partial charge in [-0.25, -0.2) is 0 Å². The van der Waals surface area contributed by atoms with Crippen LogP contribution >= 0.6 is 24.0 Å². The number of nitrogens with one attached hydrogen (secondary N) is 2. The van der Waals surface area contributed by atoms with Gasteiger partial charge in [0, 0.05) is 6.54 Å². The molecule has 0 amide bonds. The minimum Gasteiger partial charge on any atom is -0.388 e. The van der Waals surface area contributed by atoms with Crippen LogP contribution in [0.5, 0.6) is 0 Å². The topological polar surface area (TPSA) is 56.7 Å². The van der Waals surface area contributed by atoms with E-state index < -0.39 is 17.3 Å². The lowest BCUT2D eigenvalue weighted by atomic mass is 10.0. The minimum atomic E-state index is -4.36. The molecule has 1 fully saturated rings. The van der Waals surface area contributed by atoms with Crippen LogP contribution in [0.3, 0.4) is 0 Å². The molecule has 0 aromatic heterocycles. The zero-order chi connectivity index (χ0) is 18.5. The van der Waals surface area contributed by atoms with Gasteiger partial charge in [-0.2, -0.15) is 13.2 Å². The van der Waals surface area contributed by atoms with E-state index in [1.54, 1.807) is 13.0 Å². The molecule has 0 bridgehead atoms. The lowest BCUT2D eigenvalue weighted by Gasteiger charge is -2.22. The van der Waals surface area contributed by atoms with E-state index in [4.69, 9.17) is 0 Å². The van der Waals surface area contributed by atoms with E-state index in [9.17, 15) is 18.3 Å². The van der Waals surface area contributed by atoms with Gasteiger partial charge in [-0.05, 0) is 44.4 Å². The summed E-state index contributed by atoms with van der Waals surface area (Å²) in [6.07, 6.45) is -0.897. The van der Waals surface area contributed by atoms with E-state index in [0.29, 0.717) is 18.1 Å². The highest BCUT2D eigenvalue weighted by atomic mass is 127.